The molecule has 86 valence electrons. The molecular weight excluding hydrogens is 247 g/mol. The van der Waals surface area contributed by atoms with Crippen LogP contribution in [-0.4, -0.2) is 4.98 Å². The van der Waals surface area contributed by atoms with Gasteiger partial charge in [-0.2, -0.15) is 0 Å². The Labute approximate surface area is 104 Å². The van der Waals surface area contributed by atoms with E-state index in [0.717, 1.165) is 6.42 Å². The van der Waals surface area contributed by atoms with E-state index in [1.165, 1.54) is 0 Å². The third-order valence-corrected chi connectivity index (χ3v) is 3.13. The van der Waals surface area contributed by atoms with E-state index in [2.05, 4.69) is 4.98 Å². The Bertz CT molecular complexity index is 534. The average Bonchev–Trinajstić information content (AvgIpc) is 2.62. The van der Waals surface area contributed by atoms with Gasteiger partial charge in [0.15, 0.2) is 5.58 Å². The van der Waals surface area contributed by atoms with Crippen LogP contribution in [0.25, 0.3) is 11.1 Å². The average molecular weight is 259 g/mol. The van der Waals surface area contributed by atoms with E-state index in [0.29, 0.717) is 27.0 Å². The maximum atomic E-state index is 6.06. The molecule has 0 saturated carbocycles. The lowest BCUT2D eigenvalue weighted by atomic mass is 10.0. The number of nitrogens with two attached hydrogens (primary N) is 1. The highest BCUT2D eigenvalue weighted by Crippen LogP contribution is 2.31. The first-order chi connectivity index (χ1) is 7.44. The van der Waals surface area contributed by atoms with Crippen LogP contribution in [0.1, 0.15) is 26.2 Å². The van der Waals surface area contributed by atoms with Crippen LogP contribution in [0.5, 0.6) is 0 Å². The van der Waals surface area contributed by atoms with Crippen molar-refractivity contribution in [2.24, 2.45) is 5.73 Å². The van der Waals surface area contributed by atoms with Gasteiger partial charge in [-0.3, -0.25) is 0 Å². The number of benzene rings is 1. The van der Waals surface area contributed by atoms with Crippen molar-refractivity contribution < 1.29 is 4.42 Å². The summed E-state index contributed by atoms with van der Waals surface area (Å²) in [5, 5.41) is 0.987. The molecule has 1 unspecified atom stereocenters. The zero-order valence-electron chi connectivity index (χ0n) is 9.05. The summed E-state index contributed by atoms with van der Waals surface area (Å²) >= 11 is 11.9. The minimum absolute atomic E-state index is 0.452. The lowest BCUT2D eigenvalue weighted by Gasteiger charge is -2.17. The molecule has 1 aromatic carbocycles. The zero-order valence-corrected chi connectivity index (χ0v) is 10.6. The van der Waals surface area contributed by atoms with E-state index in [1.54, 1.807) is 12.1 Å². The number of hydrogen-bond donors (Lipinski definition) is 1. The number of hydrogen-bond acceptors (Lipinski definition) is 3. The number of nitrogens with zero attached hydrogens (tertiary/aromatic N) is 1. The topological polar surface area (TPSA) is 52.0 Å². The molecule has 3 nitrogen and oxygen atoms in total. The van der Waals surface area contributed by atoms with E-state index >= 15 is 0 Å². The minimum Gasteiger partial charge on any atom is -0.437 e. The molecule has 5 heteroatoms. The first-order valence-electron chi connectivity index (χ1n) is 4.99. The van der Waals surface area contributed by atoms with Crippen molar-refractivity contribution in [3.8, 4) is 0 Å². The Kier molecular flexibility index (Phi) is 2.86. The highest BCUT2D eigenvalue weighted by atomic mass is 35.5. The molecule has 2 rings (SSSR count). The third kappa shape index (κ3) is 1.90. The molecule has 1 aromatic heterocycles. The Hall–Kier alpha value is -0.770. The molecule has 1 atom stereocenters. The molecule has 0 aliphatic rings. The van der Waals surface area contributed by atoms with Crippen LogP contribution in [0.15, 0.2) is 16.5 Å². The summed E-state index contributed by atoms with van der Waals surface area (Å²) in [7, 11) is 0. The maximum Gasteiger partial charge on any atom is 0.215 e. The molecule has 0 spiro atoms. The predicted molar refractivity (Wildman–Crippen MR) is 65.9 cm³/mol. The molecule has 0 fully saturated rings. The van der Waals surface area contributed by atoms with Gasteiger partial charge in [-0.1, -0.05) is 30.1 Å². The monoisotopic (exact) mass is 258 g/mol. The van der Waals surface area contributed by atoms with Crippen LogP contribution in [-0.2, 0) is 5.54 Å². The lowest BCUT2D eigenvalue weighted by Crippen LogP contribution is -2.32. The first kappa shape index (κ1) is 11.7. The third-order valence-electron chi connectivity index (χ3n) is 2.63. The SMILES string of the molecule is CCC(C)(N)c1nc2cc(Cl)cc(Cl)c2o1. The molecule has 2 aromatic rings. The molecular formula is C11H12Cl2N2O. The van der Waals surface area contributed by atoms with Gasteiger partial charge in [0.1, 0.15) is 5.52 Å². The van der Waals surface area contributed by atoms with Gasteiger partial charge < -0.3 is 10.2 Å². The normalized spacial score (nSPS) is 15.3. The van der Waals surface area contributed by atoms with Crippen LogP contribution >= 0.6 is 23.2 Å². The van der Waals surface area contributed by atoms with Crippen LogP contribution in [0, 0.1) is 0 Å². The molecule has 0 amide bonds. The summed E-state index contributed by atoms with van der Waals surface area (Å²) in [5.41, 5.74) is 6.64. The maximum absolute atomic E-state index is 6.06. The van der Waals surface area contributed by atoms with Gasteiger partial charge in [0, 0.05) is 5.02 Å². The van der Waals surface area contributed by atoms with E-state index in [1.807, 2.05) is 13.8 Å². The van der Waals surface area contributed by atoms with Crippen molar-refractivity contribution in [3.05, 3.63) is 28.1 Å². The standard InChI is InChI=1S/C11H12Cl2N2O/c1-3-11(2,14)10-15-8-5-6(12)4-7(13)9(8)16-10/h4-5H,3,14H2,1-2H3. The van der Waals surface area contributed by atoms with Crippen molar-refractivity contribution in [2.45, 2.75) is 25.8 Å². The highest BCUT2D eigenvalue weighted by Gasteiger charge is 2.26. The fourth-order valence-electron chi connectivity index (χ4n) is 1.36. The summed E-state index contributed by atoms with van der Waals surface area (Å²) in [6.45, 7) is 3.84. The summed E-state index contributed by atoms with van der Waals surface area (Å²) in [4.78, 5) is 4.32. The summed E-state index contributed by atoms with van der Waals surface area (Å²) in [5.74, 6) is 0.481. The summed E-state index contributed by atoms with van der Waals surface area (Å²) < 4.78 is 5.58. The number of oxazole rings is 1. The molecule has 0 radical (unpaired) electrons. The Morgan fingerprint density at radius 1 is 1.44 bits per heavy atom. The van der Waals surface area contributed by atoms with Crippen molar-refractivity contribution in [3.63, 3.8) is 0 Å². The Balaban J connectivity index is 2.65. The molecule has 16 heavy (non-hydrogen) atoms. The van der Waals surface area contributed by atoms with Gasteiger partial charge in [-0.05, 0) is 25.5 Å². The molecule has 0 saturated heterocycles. The lowest BCUT2D eigenvalue weighted by molar-refractivity contribution is 0.356. The fourth-order valence-corrected chi connectivity index (χ4v) is 1.88. The van der Waals surface area contributed by atoms with Gasteiger partial charge in [-0.15, -0.1) is 0 Å². The number of halogens is 2. The van der Waals surface area contributed by atoms with E-state index in [9.17, 15) is 0 Å². The zero-order chi connectivity index (χ0) is 11.9. The fraction of sp³-hybridized carbons (Fsp3) is 0.364. The summed E-state index contributed by atoms with van der Waals surface area (Å²) in [6, 6.07) is 3.34. The largest absolute Gasteiger partial charge is 0.437 e. The van der Waals surface area contributed by atoms with Gasteiger partial charge >= 0.3 is 0 Å². The van der Waals surface area contributed by atoms with Gasteiger partial charge in [0.25, 0.3) is 0 Å². The number of fused-ring (bicyclic) bond motifs is 1. The molecule has 0 bridgehead atoms. The molecule has 2 N–H and O–H groups in total. The Morgan fingerprint density at radius 2 is 2.12 bits per heavy atom. The number of aromatic nitrogens is 1. The van der Waals surface area contributed by atoms with Crippen LogP contribution in [0.2, 0.25) is 10.0 Å². The summed E-state index contributed by atoms with van der Waals surface area (Å²) in [6.07, 6.45) is 0.727. The number of rotatable bonds is 2. The second-order valence-corrected chi connectivity index (χ2v) is 4.87. The highest BCUT2D eigenvalue weighted by molar-refractivity contribution is 6.37. The van der Waals surface area contributed by atoms with E-state index in [4.69, 9.17) is 33.4 Å². The van der Waals surface area contributed by atoms with Gasteiger partial charge in [0.05, 0.1) is 10.6 Å². The smallest absolute Gasteiger partial charge is 0.215 e. The second kappa shape index (κ2) is 3.91. The van der Waals surface area contributed by atoms with Crippen molar-refractivity contribution in [1.82, 2.24) is 4.98 Å². The van der Waals surface area contributed by atoms with Crippen molar-refractivity contribution in [2.75, 3.05) is 0 Å². The quantitative estimate of drug-likeness (QED) is 0.894. The van der Waals surface area contributed by atoms with E-state index in [-0.39, 0.29) is 0 Å². The molecule has 1 heterocycles. The first-order valence-corrected chi connectivity index (χ1v) is 5.74. The second-order valence-electron chi connectivity index (χ2n) is 4.03. The minimum atomic E-state index is -0.588. The molecule has 0 aliphatic heterocycles. The predicted octanol–water partition coefficient (Wildman–Crippen LogP) is 3.72. The van der Waals surface area contributed by atoms with Crippen LogP contribution in [0.4, 0.5) is 0 Å². The molecule has 0 aliphatic carbocycles. The van der Waals surface area contributed by atoms with Crippen LogP contribution < -0.4 is 5.73 Å². The van der Waals surface area contributed by atoms with Gasteiger partial charge in [0.2, 0.25) is 5.89 Å². The van der Waals surface area contributed by atoms with Crippen molar-refractivity contribution in [1.29, 1.82) is 0 Å². The van der Waals surface area contributed by atoms with Crippen LogP contribution in [0.3, 0.4) is 0 Å². The van der Waals surface area contributed by atoms with E-state index < -0.39 is 5.54 Å². The Morgan fingerprint density at radius 3 is 2.75 bits per heavy atom. The van der Waals surface area contributed by atoms with Gasteiger partial charge in [-0.25, -0.2) is 4.98 Å². The van der Waals surface area contributed by atoms with Crippen molar-refractivity contribution >= 4 is 34.3 Å².